The van der Waals surface area contributed by atoms with Gasteiger partial charge in [0.1, 0.15) is 12.4 Å². The molecule has 8 heteroatoms. The van der Waals surface area contributed by atoms with Crippen molar-refractivity contribution in [2.45, 2.75) is 39.0 Å². The average Bonchev–Trinajstić information content (AvgIpc) is 2.82. The molecule has 5 nitrogen and oxygen atoms in total. The van der Waals surface area contributed by atoms with E-state index < -0.39 is 12.6 Å². The topological polar surface area (TPSA) is 36.0 Å². The monoisotopic (exact) mass is 399 g/mol. The Morgan fingerprint density at radius 1 is 1.11 bits per heavy atom. The maximum absolute atomic E-state index is 12.4. The summed E-state index contributed by atoms with van der Waals surface area (Å²) in [6.07, 6.45) is -4.73. The second kappa shape index (κ2) is 9.13. The van der Waals surface area contributed by atoms with Crippen LogP contribution in [0.2, 0.25) is 0 Å². The molecule has 28 heavy (non-hydrogen) atoms. The maximum Gasteiger partial charge on any atom is 0.389 e. The van der Waals surface area contributed by atoms with Gasteiger partial charge in [-0.05, 0) is 30.7 Å². The van der Waals surface area contributed by atoms with Gasteiger partial charge >= 0.3 is 6.18 Å². The van der Waals surface area contributed by atoms with E-state index >= 15 is 0 Å². The molecular weight excluding hydrogens is 371 g/mol. The van der Waals surface area contributed by atoms with Gasteiger partial charge < -0.3 is 9.64 Å². The molecule has 0 N–H and O–H groups in total. The molecule has 1 amide bonds. The summed E-state index contributed by atoms with van der Waals surface area (Å²) in [5, 5.41) is 0. The molecule has 1 aromatic carbocycles. The third-order valence-corrected chi connectivity index (χ3v) is 5.34. The number of rotatable bonds is 5. The number of carbonyl (C=O) groups is 1. The van der Waals surface area contributed by atoms with Crippen LogP contribution in [0.4, 0.5) is 13.2 Å². The van der Waals surface area contributed by atoms with Crippen molar-refractivity contribution in [3.63, 3.8) is 0 Å². The number of hydrogen-bond donors (Lipinski definition) is 0. The van der Waals surface area contributed by atoms with Gasteiger partial charge in [-0.15, -0.1) is 0 Å². The van der Waals surface area contributed by atoms with Gasteiger partial charge in [-0.1, -0.05) is 6.07 Å². The van der Waals surface area contributed by atoms with Crippen LogP contribution in [-0.4, -0.2) is 72.7 Å². The van der Waals surface area contributed by atoms with Crippen molar-refractivity contribution < 1.29 is 22.7 Å². The first-order valence-electron chi connectivity index (χ1n) is 9.82. The van der Waals surface area contributed by atoms with Gasteiger partial charge in [0.05, 0.1) is 0 Å². The number of benzene rings is 1. The minimum atomic E-state index is -4.10. The fourth-order valence-electron chi connectivity index (χ4n) is 3.77. The third-order valence-electron chi connectivity index (χ3n) is 5.34. The van der Waals surface area contributed by atoms with Gasteiger partial charge in [-0.3, -0.25) is 14.6 Å². The van der Waals surface area contributed by atoms with Crippen LogP contribution in [0.1, 0.15) is 30.9 Å². The molecule has 2 aliphatic heterocycles. The Morgan fingerprint density at radius 2 is 1.86 bits per heavy atom. The number of hydrogen-bond acceptors (Lipinski definition) is 4. The van der Waals surface area contributed by atoms with E-state index in [0.717, 1.165) is 49.6 Å². The molecule has 1 saturated heterocycles. The number of alkyl halides is 3. The Bertz CT molecular complexity index is 673. The molecule has 156 valence electrons. The highest BCUT2D eigenvalue weighted by molar-refractivity contribution is 5.73. The Labute approximate surface area is 164 Å². The predicted molar refractivity (Wildman–Crippen MR) is 100 cm³/mol. The largest absolute Gasteiger partial charge is 0.492 e. The van der Waals surface area contributed by atoms with E-state index in [4.69, 9.17) is 4.74 Å². The number of ether oxygens (including phenoxy) is 1. The number of carbonyl (C=O) groups excluding carboxylic acids is 1. The number of amides is 1. The van der Waals surface area contributed by atoms with Crippen LogP contribution >= 0.6 is 0 Å². The lowest BCUT2D eigenvalue weighted by molar-refractivity contribution is -0.136. The number of nitrogens with zero attached hydrogens (tertiary/aromatic N) is 3. The fraction of sp³-hybridized carbons (Fsp3) is 0.650. The molecule has 2 aliphatic rings. The lowest BCUT2D eigenvalue weighted by atomic mass is 10.1. The van der Waals surface area contributed by atoms with Crippen molar-refractivity contribution in [2.24, 2.45) is 0 Å². The highest BCUT2D eigenvalue weighted by atomic mass is 19.4. The second-order valence-corrected chi connectivity index (χ2v) is 7.57. The van der Waals surface area contributed by atoms with E-state index in [2.05, 4.69) is 17.0 Å². The first kappa shape index (κ1) is 20.9. The van der Waals surface area contributed by atoms with Gasteiger partial charge in [0.2, 0.25) is 5.91 Å². The maximum atomic E-state index is 12.4. The standard InChI is InChI=1S/C20H28F3N3O2/c1-16(27)26-9-7-25(8-10-26)14-17-3-4-19-18(13-17)15-24(11-12-28-19)6-2-5-20(21,22)23/h3-4,13H,2,5-12,14-15H2,1H3. The van der Waals surface area contributed by atoms with Gasteiger partial charge in [0.15, 0.2) is 0 Å². The van der Waals surface area contributed by atoms with E-state index in [9.17, 15) is 18.0 Å². The van der Waals surface area contributed by atoms with Gasteiger partial charge in [0, 0.05) is 64.7 Å². The summed E-state index contributed by atoms with van der Waals surface area (Å²) in [5.41, 5.74) is 2.19. The van der Waals surface area contributed by atoms with Crippen molar-refractivity contribution in [1.82, 2.24) is 14.7 Å². The Morgan fingerprint density at radius 3 is 2.54 bits per heavy atom. The normalized spacial score (nSPS) is 19.1. The molecule has 0 unspecified atom stereocenters. The molecule has 3 rings (SSSR count). The van der Waals surface area contributed by atoms with Crippen LogP contribution in [0.5, 0.6) is 5.75 Å². The summed E-state index contributed by atoms with van der Waals surface area (Å²) in [7, 11) is 0. The van der Waals surface area contributed by atoms with E-state index in [0.29, 0.717) is 26.2 Å². The van der Waals surface area contributed by atoms with Crippen molar-refractivity contribution in [3.8, 4) is 5.75 Å². The Balaban J connectivity index is 1.56. The molecule has 0 saturated carbocycles. The molecule has 1 aromatic rings. The van der Waals surface area contributed by atoms with E-state index in [1.54, 1.807) is 6.92 Å². The molecule has 2 heterocycles. The number of fused-ring (bicyclic) bond motifs is 1. The summed E-state index contributed by atoms with van der Waals surface area (Å²) in [5.74, 6) is 0.941. The first-order chi connectivity index (χ1) is 13.3. The lowest BCUT2D eigenvalue weighted by Gasteiger charge is -2.34. The predicted octanol–water partition coefficient (Wildman–Crippen LogP) is 2.89. The molecule has 0 radical (unpaired) electrons. The molecule has 1 fully saturated rings. The molecular formula is C20H28F3N3O2. The zero-order valence-electron chi connectivity index (χ0n) is 16.3. The van der Waals surface area contributed by atoms with Gasteiger partial charge in [0.25, 0.3) is 0 Å². The van der Waals surface area contributed by atoms with E-state index in [-0.39, 0.29) is 12.3 Å². The van der Waals surface area contributed by atoms with Crippen molar-refractivity contribution >= 4 is 5.91 Å². The second-order valence-electron chi connectivity index (χ2n) is 7.57. The van der Waals surface area contributed by atoms with E-state index in [1.807, 2.05) is 15.9 Å². The third kappa shape index (κ3) is 6.10. The molecule has 0 atom stereocenters. The number of piperazine rings is 1. The average molecular weight is 399 g/mol. The van der Waals surface area contributed by atoms with Crippen LogP contribution < -0.4 is 4.74 Å². The van der Waals surface area contributed by atoms with Crippen molar-refractivity contribution in [3.05, 3.63) is 29.3 Å². The Hall–Kier alpha value is -1.80. The van der Waals surface area contributed by atoms with E-state index in [1.165, 1.54) is 0 Å². The molecule has 0 aromatic heterocycles. The smallest absolute Gasteiger partial charge is 0.389 e. The van der Waals surface area contributed by atoms with Gasteiger partial charge in [-0.25, -0.2) is 0 Å². The van der Waals surface area contributed by atoms with Crippen molar-refractivity contribution in [2.75, 3.05) is 45.9 Å². The number of halogens is 3. The highest BCUT2D eigenvalue weighted by Crippen LogP contribution is 2.26. The van der Waals surface area contributed by atoms with Crippen LogP contribution in [0, 0.1) is 0 Å². The quantitative estimate of drug-likeness (QED) is 0.763. The Kier molecular flexibility index (Phi) is 6.82. The molecule has 0 aliphatic carbocycles. The zero-order valence-corrected chi connectivity index (χ0v) is 16.3. The SMILES string of the molecule is CC(=O)N1CCN(Cc2ccc3c(c2)CN(CCCC(F)(F)F)CCO3)CC1. The molecule has 0 spiro atoms. The van der Waals surface area contributed by atoms with Crippen LogP contribution in [0.25, 0.3) is 0 Å². The van der Waals surface area contributed by atoms with Crippen molar-refractivity contribution in [1.29, 1.82) is 0 Å². The summed E-state index contributed by atoms with van der Waals surface area (Å²) < 4.78 is 43.0. The highest BCUT2D eigenvalue weighted by Gasteiger charge is 2.27. The lowest BCUT2D eigenvalue weighted by Crippen LogP contribution is -2.47. The minimum absolute atomic E-state index is 0.110. The summed E-state index contributed by atoms with van der Waals surface area (Å²) >= 11 is 0. The van der Waals surface area contributed by atoms with Crippen LogP contribution in [0.15, 0.2) is 18.2 Å². The van der Waals surface area contributed by atoms with Crippen LogP contribution in [0.3, 0.4) is 0 Å². The van der Waals surface area contributed by atoms with Crippen LogP contribution in [-0.2, 0) is 17.9 Å². The minimum Gasteiger partial charge on any atom is -0.492 e. The van der Waals surface area contributed by atoms with Gasteiger partial charge in [-0.2, -0.15) is 13.2 Å². The summed E-state index contributed by atoms with van der Waals surface area (Å²) in [6.45, 7) is 7.73. The molecule has 0 bridgehead atoms. The summed E-state index contributed by atoms with van der Waals surface area (Å²) in [4.78, 5) is 17.7. The zero-order chi connectivity index (χ0) is 20.1. The fourth-order valence-corrected chi connectivity index (χ4v) is 3.77. The first-order valence-corrected chi connectivity index (χ1v) is 9.82. The summed E-state index contributed by atoms with van der Waals surface area (Å²) in [6, 6.07) is 6.12.